The minimum absolute atomic E-state index is 0.259. The summed E-state index contributed by atoms with van der Waals surface area (Å²) in [4.78, 5) is 12.3. The zero-order chi connectivity index (χ0) is 18.1. The van der Waals surface area contributed by atoms with Crippen molar-refractivity contribution in [1.82, 2.24) is 19.5 Å². The van der Waals surface area contributed by atoms with Crippen LogP contribution in [-0.2, 0) is 6.54 Å². The van der Waals surface area contributed by atoms with E-state index in [1.807, 2.05) is 35.2 Å². The van der Waals surface area contributed by atoms with Crippen LogP contribution in [0.4, 0.5) is 0 Å². The van der Waals surface area contributed by atoms with E-state index in [0.717, 1.165) is 11.3 Å². The molecule has 1 N–H and O–H groups in total. The van der Waals surface area contributed by atoms with Gasteiger partial charge in [-0.3, -0.25) is 4.79 Å². The average Bonchev–Trinajstić information content (AvgIpc) is 3.34. The summed E-state index contributed by atoms with van der Waals surface area (Å²) >= 11 is 12.0. The molecule has 132 valence electrons. The maximum atomic E-state index is 12.3. The number of benzene rings is 1. The Morgan fingerprint density at radius 2 is 2.08 bits per heavy atom. The molecule has 0 aliphatic carbocycles. The fraction of sp³-hybridized carbons (Fsp3) is 0.111. The lowest BCUT2D eigenvalue weighted by Gasteiger charge is -2.08. The molecule has 0 saturated heterocycles. The van der Waals surface area contributed by atoms with E-state index in [0.29, 0.717) is 34.5 Å². The average molecular weight is 389 g/mol. The summed E-state index contributed by atoms with van der Waals surface area (Å²) in [6.07, 6.45) is 5.38. The summed E-state index contributed by atoms with van der Waals surface area (Å²) in [6, 6.07) is 10.4. The molecule has 0 aliphatic heterocycles. The normalized spacial score (nSPS) is 11.2. The number of aromatic nitrogens is 3. The van der Waals surface area contributed by atoms with Crippen molar-refractivity contribution < 1.29 is 9.21 Å². The highest BCUT2D eigenvalue weighted by molar-refractivity contribution is 6.35. The number of carbonyl (C=O) groups is 1. The lowest BCUT2D eigenvalue weighted by molar-refractivity contribution is 0.0952. The van der Waals surface area contributed by atoms with Crippen LogP contribution >= 0.6 is 23.2 Å². The number of hydrogen-bond donors (Lipinski definition) is 1. The molecule has 4 aromatic rings. The zero-order valence-electron chi connectivity index (χ0n) is 13.5. The van der Waals surface area contributed by atoms with Crippen LogP contribution in [-0.4, -0.2) is 26.6 Å². The van der Waals surface area contributed by atoms with E-state index in [9.17, 15) is 4.79 Å². The topological polar surface area (TPSA) is 64.5 Å². The van der Waals surface area contributed by atoms with Gasteiger partial charge in [-0.1, -0.05) is 23.2 Å². The summed E-state index contributed by atoms with van der Waals surface area (Å²) in [5.41, 5.74) is 2.03. The number of rotatable bonds is 5. The number of imidazole rings is 1. The second kappa shape index (κ2) is 6.90. The fourth-order valence-corrected chi connectivity index (χ4v) is 3.09. The molecule has 1 aromatic carbocycles. The van der Waals surface area contributed by atoms with Gasteiger partial charge in [-0.25, -0.2) is 4.52 Å². The molecule has 3 aromatic heterocycles. The molecule has 0 bridgehead atoms. The van der Waals surface area contributed by atoms with Gasteiger partial charge >= 0.3 is 0 Å². The van der Waals surface area contributed by atoms with Crippen molar-refractivity contribution in [3.63, 3.8) is 0 Å². The van der Waals surface area contributed by atoms with Crippen LogP contribution in [0.25, 0.3) is 17.1 Å². The number of carbonyl (C=O) groups excluding carboxylic acids is 1. The van der Waals surface area contributed by atoms with Crippen LogP contribution in [0, 0.1) is 0 Å². The number of hydrogen-bond acceptors (Lipinski definition) is 3. The molecule has 3 heterocycles. The van der Waals surface area contributed by atoms with Crippen molar-refractivity contribution in [2.45, 2.75) is 6.54 Å². The lowest BCUT2D eigenvalue weighted by atomic mass is 10.2. The van der Waals surface area contributed by atoms with Crippen molar-refractivity contribution in [2.24, 2.45) is 0 Å². The molecule has 0 unspecified atom stereocenters. The van der Waals surface area contributed by atoms with Crippen LogP contribution in [0.15, 0.2) is 59.5 Å². The Hall–Kier alpha value is -2.70. The third kappa shape index (κ3) is 3.21. The predicted octanol–water partition coefficient (Wildman–Crippen LogP) is 4.13. The van der Waals surface area contributed by atoms with E-state index >= 15 is 0 Å². The van der Waals surface area contributed by atoms with Gasteiger partial charge in [-0.2, -0.15) is 5.10 Å². The predicted molar refractivity (Wildman–Crippen MR) is 99.7 cm³/mol. The zero-order valence-corrected chi connectivity index (χ0v) is 15.0. The Labute approximate surface area is 158 Å². The number of fused-ring (bicyclic) bond motifs is 1. The quantitative estimate of drug-likeness (QED) is 0.558. The van der Waals surface area contributed by atoms with Crippen LogP contribution in [0.1, 0.15) is 10.4 Å². The minimum atomic E-state index is -0.259. The van der Waals surface area contributed by atoms with E-state index in [-0.39, 0.29) is 5.91 Å². The second-order valence-corrected chi connectivity index (χ2v) is 6.52. The first-order chi connectivity index (χ1) is 12.6. The van der Waals surface area contributed by atoms with Crippen LogP contribution in [0.5, 0.6) is 0 Å². The fourth-order valence-electron chi connectivity index (χ4n) is 2.72. The molecule has 4 rings (SSSR count). The smallest absolute Gasteiger partial charge is 0.252 e. The molecule has 0 aliphatic rings. The Balaban J connectivity index is 1.45. The maximum absolute atomic E-state index is 12.3. The molecule has 1 amide bonds. The molecule has 0 radical (unpaired) electrons. The highest BCUT2D eigenvalue weighted by Gasteiger charge is 2.12. The van der Waals surface area contributed by atoms with Crippen molar-refractivity contribution >= 4 is 34.8 Å². The second-order valence-electron chi connectivity index (χ2n) is 5.68. The molecule has 26 heavy (non-hydrogen) atoms. The van der Waals surface area contributed by atoms with Gasteiger partial charge in [0.05, 0.1) is 16.8 Å². The first-order valence-electron chi connectivity index (χ1n) is 7.93. The van der Waals surface area contributed by atoms with Gasteiger partial charge in [-0.05, 0) is 30.3 Å². The number of halogens is 2. The molecule has 0 spiro atoms. The summed E-state index contributed by atoms with van der Waals surface area (Å²) < 4.78 is 9.15. The third-order valence-electron chi connectivity index (χ3n) is 3.98. The first kappa shape index (κ1) is 16.8. The standard InChI is InChI=1S/C18H14Cl2N4O2/c19-12-3-4-14(20)13(10-12)18(25)21-5-6-23-7-8-24-17(23)11-15(22-24)16-2-1-9-26-16/h1-4,7-11H,5-6H2,(H,21,25). The maximum Gasteiger partial charge on any atom is 0.252 e. The van der Waals surface area contributed by atoms with E-state index < -0.39 is 0 Å². The monoisotopic (exact) mass is 388 g/mol. The van der Waals surface area contributed by atoms with Gasteiger partial charge in [0.15, 0.2) is 5.76 Å². The highest BCUT2D eigenvalue weighted by Crippen LogP contribution is 2.21. The Morgan fingerprint density at radius 3 is 2.88 bits per heavy atom. The number of furan rings is 1. The minimum Gasteiger partial charge on any atom is -0.463 e. The van der Waals surface area contributed by atoms with Gasteiger partial charge in [0.25, 0.3) is 5.91 Å². The molecular weight excluding hydrogens is 375 g/mol. The molecule has 6 nitrogen and oxygen atoms in total. The number of nitrogens with one attached hydrogen (secondary N) is 1. The Morgan fingerprint density at radius 1 is 1.19 bits per heavy atom. The molecular formula is C18H14Cl2N4O2. The molecule has 0 saturated carbocycles. The third-order valence-corrected chi connectivity index (χ3v) is 4.55. The highest BCUT2D eigenvalue weighted by atomic mass is 35.5. The van der Waals surface area contributed by atoms with Gasteiger partial charge in [-0.15, -0.1) is 0 Å². The van der Waals surface area contributed by atoms with Gasteiger partial charge in [0.1, 0.15) is 11.3 Å². The van der Waals surface area contributed by atoms with E-state index in [1.54, 1.807) is 29.0 Å². The van der Waals surface area contributed by atoms with Crippen molar-refractivity contribution in [3.05, 3.63) is 70.7 Å². The SMILES string of the molecule is O=C(NCCn1ccn2nc(-c3ccco3)cc12)c1cc(Cl)ccc1Cl. The largest absolute Gasteiger partial charge is 0.463 e. The summed E-state index contributed by atoms with van der Waals surface area (Å²) in [5.74, 6) is 0.453. The van der Waals surface area contributed by atoms with E-state index in [1.165, 1.54) is 0 Å². The van der Waals surface area contributed by atoms with Crippen LogP contribution < -0.4 is 5.32 Å². The van der Waals surface area contributed by atoms with Crippen molar-refractivity contribution in [1.29, 1.82) is 0 Å². The molecule has 8 heteroatoms. The van der Waals surface area contributed by atoms with E-state index in [4.69, 9.17) is 27.6 Å². The summed E-state index contributed by atoms with van der Waals surface area (Å²) in [5, 5.41) is 8.16. The van der Waals surface area contributed by atoms with Crippen molar-refractivity contribution in [3.8, 4) is 11.5 Å². The van der Waals surface area contributed by atoms with Gasteiger partial charge in [0, 0.05) is 36.6 Å². The van der Waals surface area contributed by atoms with Gasteiger partial charge < -0.3 is 14.3 Å². The molecule has 0 fully saturated rings. The Bertz CT molecular complexity index is 1070. The number of nitrogens with zero attached hydrogens (tertiary/aromatic N) is 3. The summed E-state index contributed by atoms with van der Waals surface area (Å²) in [7, 11) is 0. The van der Waals surface area contributed by atoms with Crippen molar-refractivity contribution in [2.75, 3.05) is 6.54 Å². The first-order valence-corrected chi connectivity index (χ1v) is 8.69. The van der Waals surface area contributed by atoms with Crippen LogP contribution in [0.3, 0.4) is 0 Å². The van der Waals surface area contributed by atoms with Gasteiger partial charge in [0.2, 0.25) is 0 Å². The Kier molecular flexibility index (Phi) is 4.44. The van der Waals surface area contributed by atoms with Crippen LogP contribution in [0.2, 0.25) is 10.0 Å². The summed E-state index contributed by atoms with van der Waals surface area (Å²) in [6.45, 7) is 1.02. The lowest BCUT2D eigenvalue weighted by Crippen LogP contribution is -2.27. The van der Waals surface area contributed by atoms with E-state index in [2.05, 4.69) is 10.4 Å². The molecule has 0 atom stereocenters. The number of amides is 1.